The van der Waals surface area contributed by atoms with Crippen LogP contribution in [0.5, 0.6) is 0 Å². The van der Waals surface area contributed by atoms with Crippen molar-refractivity contribution < 1.29 is 4.79 Å². The van der Waals surface area contributed by atoms with Crippen LogP contribution in [0, 0.1) is 5.41 Å². The van der Waals surface area contributed by atoms with E-state index < -0.39 is 9.75 Å². The summed E-state index contributed by atoms with van der Waals surface area (Å²) in [5, 5.41) is 0. The van der Waals surface area contributed by atoms with Gasteiger partial charge in [0.15, 0.2) is 0 Å². The Kier molecular flexibility index (Phi) is 2.65. The highest BCUT2D eigenvalue weighted by molar-refractivity contribution is 6.53. The fourth-order valence-electron chi connectivity index (χ4n) is 2.67. The van der Waals surface area contributed by atoms with E-state index in [9.17, 15) is 4.79 Å². The molecule has 1 aromatic rings. The third-order valence-electron chi connectivity index (χ3n) is 4.09. The summed E-state index contributed by atoms with van der Waals surface area (Å²) in [6.07, 6.45) is 2.57. The van der Waals surface area contributed by atoms with E-state index in [1.807, 2.05) is 30.0 Å². The van der Waals surface area contributed by atoms with Crippen LogP contribution in [-0.4, -0.2) is 16.8 Å². The molecule has 0 saturated heterocycles. The fraction of sp³-hybridized carbons (Fsp3) is 0.500. The molecule has 1 aliphatic heterocycles. The lowest BCUT2D eigenvalue weighted by Crippen LogP contribution is -2.41. The summed E-state index contributed by atoms with van der Waals surface area (Å²) < 4.78 is -0.892. The molecule has 1 fully saturated rings. The summed E-state index contributed by atoms with van der Waals surface area (Å²) >= 11 is 12.2. The molecular formula is C14H15Cl2NO. The predicted molar refractivity (Wildman–Crippen MR) is 74.3 cm³/mol. The Morgan fingerprint density at radius 2 is 2.00 bits per heavy atom. The summed E-state index contributed by atoms with van der Waals surface area (Å²) in [7, 11) is 0. The topological polar surface area (TPSA) is 20.3 Å². The first-order valence-electron chi connectivity index (χ1n) is 6.23. The molecule has 0 bridgehead atoms. The summed E-state index contributed by atoms with van der Waals surface area (Å²) in [5.74, 6) is 0.0552. The largest absolute Gasteiger partial charge is 0.312 e. The van der Waals surface area contributed by atoms with Gasteiger partial charge in [0.2, 0.25) is 5.91 Å². The van der Waals surface area contributed by atoms with Crippen LogP contribution in [0.2, 0.25) is 0 Å². The van der Waals surface area contributed by atoms with Crippen molar-refractivity contribution in [3.8, 4) is 0 Å². The van der Waals surface area contributed by atoms with Crippen LogP contribution in [0.1, 0.15) is 25.3 Å². The lowest BCUT2D eigenvalue weighted by molar-refractivity contribution is -0.123. The molecule has 0 radical (unpaired) electrons. The minimum atomic E-state index is -0.892. The molecule has 1 heterocycles. The summed E-state index contributed by atoms with van der Waals surface area (Å²) in [6.45, 7) is 2.61. The number of benzene rings is 1. The van der Waals surface area contributed by atoms with Crippen LogP contribution in [0.25, 0.3) is 0 Å². The van der Waals surface area contributed by atoms with Gasteiger partial charge in [-0.1, -0.05) is 18.2 Å². The monoisotopic (exact) mass is 283 g/mol. The molecular weight excluding hydrogens is 269 g/mol. The molecule has 2 nitrogen and oxygen atoms in total. The molecule has 1 aliphatic carbocycles. The Morgan fingerprint density at radius 1 is 1.33 bits per heavy atom. The molecule has 4 heteroatoms. The van der Waals surface area contributed by atoms with Crippen LogP contribution >= 0.6 is 23.2 Å². The van der Waals surface area contributed by atoms with E-state index in [0.29, 0.717) is 6.42 Å². The highest BCUT2D eigenvalue weighted by atomic mass is 35.5. The van der Waals surface area contributed by atoms with Gasteiger partial charge in [0.05, 0.1) is 5.41 Å². The van der Waals surface area contributed by atoms with Crippen molar-refractivity contribution >= 4 is 34.8 Å². The van der Waals surface area contributed by atoms with Gasteiger partial charge in [0, 0.05) is 12.2 Å². The van der Waals surface area contributed by atoms with Crippen LogP contribution < -0.4 is 4.90 Å². The fourth-order valence-corrected chi connectivity index (χ4v) is 3.37. The van der Waals surface area contributed by atoms with Crippen molar-refractivity contribution in [3.05, 3.63) is 29.8 Å². The van der Waals surface area contributed by atoms with Gasteiger partial charge in [0.1, 0.15) is 4.33 Å². The summed E-state index contributed by atoms with van der Waals surface area (Å²) in [6, 6.07) is 8.06. The Labute approximate surface area is 117 Å². The van der Waals surface area contributed by atoms with Crippen LogP contribution in [0.15, 0.2) is 24.3 Å². The highest BCUT2D eigenvalue weighted by Crippen LogP contribution is 2.64. The smallest absolute Gasteiger partial charge is 0.236 e. The number of nitrogens with zero attached hydrogens (tertiary/aromatic N) is 1. The SMILES string of the molecule is CC1(C(=O)N2CCCc3ccccc32)CC1(Cl)Cl. The standard InChI is InChI=1S/C14H15Cl2NO/c1-13(9-14(13,15)16)12(18)17-8-4-6-10-5-2-3-7-11(10)17/h2-3,5,7H,4,6,8-9H2,1H3. The van der Waals surface area contributed by atoms with E-state index in [4.69, 9.17) is 23.2 Å². The molecule has 1 atom stereocenters. The molecule has 0 N–H and O–H groups in total. The summed E-state index contributed by atoms with van der Waals surface area (Å²) in [4.78, 5) is 14.5. The predicted octanol–water partition coefficient (Wildman–Crippen LogP) is 3.55. The minimum Gasteiger partial charge on any atom is -0.312 e. The normalized spacial score (nSPS) is 28.7. The van der Waals surface area contributed by atoms with Gasteiger partial charge in [0.25, 0.3) is 0 Å². The first-order valence-corrected chi connectivity index (χ1v) is 6.99. The number of anilines is 1. The molecule has 1 saturated carbocycles. The van der Waals surface area contributed by atoms with E-state index >= 15 is 0 Å². The number of aryl methyl sites for hydroxylation is 1. The number of alkyl halides is 2. The minimum absolute atomic E-state index is 0.0552. The van der Waals surface area contributed by atoms with Gasteiger partial charge >= 0.3 is 0 Å². The number of rotatable bonds is 1. The van der Waals surface area contributed by atoms with Gasteiger partial charge in [-0.15, -0.1) is 23.2 Å². The second kappa shape index (κ2) is 3.88. The van der Waals surface area contributed by atoms with Crippen molar-refractivity contribution in [1.82, 2.24) is 0 Å². The molecule has 1 aromatic carbocycles. The average molecular weight is 284 g/mol. The molecule has 3 rings (SSSR count). The lowest BCUT2D eigenvalue weighted by atomic mass is 9.99. The van der Waals surface area contributed by atoms with Crippen LogP contribution in [0.4, 0.5) is 5.69 Å². The zero-order valence-corrected chi connectivity index (χ0v) is 11.8. The molecule has 0 spiro atoms. The van der Waals surface area contributed by atoms with E-state index in [1.165, 1.54) is 5.56 Å². The van der Waals surface area contributed by atoms with E-state index in [1.54, 1.807) is 0 Å². The second-order valence-corrected chi connectivity index (χ2v) is 6.89. The highest BCUT2D eigenvalue weighted by Gasteiger charge is 2.69. The number of fused-ring (bicyclic) bond motifs is 1. The Bertz CT molecular complexity index is 514. The summed E-state index contributed by atoms with van der Waals surface area (Å²) in [5.41, 5.74) is 1.63. The maximum absolute atomic E-state index is 12.6. The van der Waals surface area contributed by atoms with Crippen molar-refractivity contribution in [3.63, 3.8) is 0 Å². The van der Waals surface area contributed by atoms with E-state index in [-0.39, 0.29) is 5.91 Å². The molecule has 18 heavy (non-hydrogen) atoms. The van der Waals surface area contributed by atoms with Crippen molar-refractivity contribution in [2.45, 2.75) is 30.5 Å². The second-order valence-electron chi connectivity index (χ2n) is 5.40. The number of hydrogen-bond acceptors (Lipinski definition) is 1. The molecule has 2 aliphatic rings. The van der Waals surface area contributed by atoms with E-state index in [0.717, 1.165) is 25.1 Å². The maximum Gasteiger partial charge on any atom is 0.236 e. The number of halogens is 2. The van der Waals surface area contributed by atoms with Crippen molar-refractivity contribution in [1.29, 1.82) is 0 Å². The number of para-hydroxylation sites is 1. The maximum atomic E-state index is 12.6. The van der Waals surface area contributed by atoms with Crippen molar-refractivity contribution in [2.75, 3.05) is 11.4 Å². The molecule has 0 aromatic heterocycles. The third-order valence-corrected chi connectivity index (χ3v) is 5.19. The average Bonchev–Trinajstić information content (AvgIpc) is 2.88. The van der Waals surface area contributed by atoms with Crippen LogP contribution in [0.3, 0.4) is 0 Å². The van der Waals surface area contributed by atoms with E-state index in [2.05, 4.69) is 6.07 Å². The van der Waals surface area contributed by atoms with Gasteiger partial charge in [-0.25, -0.2) is 0 Å². The Hall–Kier alpha value is -0.730. The van der Waals surface area contributed by atoms with Gasteiger partial charge in [-0.05, 0) is 37.8 Å². The molecule has 96 valence electrons. The van der Waals surface area contributed by atoms with Gasteiger partial charge in [-0.2, -0.15) is 0 Å². The number of hydrogen-bond donors (Lipinski definition) is 0. The Morgan fingerprint density at radius 3 is 2.67 bits per heavy atom. The van der Waals surface area contributed by atoms with Gasteiger partial charge < -0.3 is 4.90 Å². The number of amides is 1. The van der Waals surface area contributed by atoms with Crippen LogP contribution in [-0.2, 0) is 11.2 Å². The first kappa shape index (κ1) is 12.3. The zero-order chi connectivity index (χ0) is 13.0. The molecule has 1 amide bonds. The Balaban J connectivity index is 1.94. The van der Waals surface area contributed by atoms with Crippen molar-refractivity contribution in [2.24, 2.45) is 5.41 Å². The quantitative estimate of drug-likeness (QED) is 0.722. The first-order chi connectivity index (χ1) is 8.46. The third kappa shape index (κ3) is 1.66. The number of carbonyl (C=O) groups is 1. The lowest BCUT2D eigenvalue weighted by Gasteiger charge is -2.32. The molecule has 1 unspecified atom stereocenters. The number of carbonyl (C=O) groups excluding carboxylic acids is 1. The zero-order valence-electron chi connectivity index (χ0n) is 10.2. The van der Waals surface area contributed by atoms with Gasteiger partial charge in [-0.3, -0.25) is 4.79 Å².